The lowest BCUT2D eigenvalue weighted by Crippen LogP contribution is -2.33. The van der Waals surface area contributed by atoms with Crippen molar-refractivity contribution in [2.75, 3.05) is 37.6 Å². The first-order valence-corrected chi connectivity index (χ1v) is 8.94. The minimum absolute atomic E-state index is 0. The molecule has 2 N–H and O–H groups in total. The maximum absolute atomic E-state index is 12.2. The van der Waals surface area contributed by atoms with Gasteiger partial charge < -0.3 is 15.5 Å². The zero-order chi connectivity index (χ0) is 16.5. The second kappa shape index (κ2) is 13.2. The minimum Gasteiger partial charge on any atom is -0.357 e. The van der Waals surface area contributed by atoms with Crippen molar-refractivity contribution in [3.63, 3.8) is 0 Å². The van der Waals surface area contributed by atoms with E-state index in [0.717, 1.165) is 51.4 Å². The molecule has 0 spiro atoms. The summed E-state index contributed by atoms with van der Waals surface area (Å²) in [6.07, 6.45) is 6.34. The summed E-state index contributed by atoms with van der Waals surface area (Å²) >= 11 is 0. The zero-order valence-electron chi connectivity index (χ0n) is 15.3. The van der Waals surface area contributed by atoms with E-state index in [1.807, 2.05) is 12.1 Å². The van der Waals surface area contributed by atoms with Gasteiger partial charge in [-0.05, 0) is 63.7 Å². The number of halogens is 2. The lowest BCUT2D eigenvalue weighted by Gasteiger charge is -2.22. The number of rotatable bonds is 8. The van der Waals surface area contributed by atoms with Crippen LogP contribution in [0.1, 0.15) is 49.9 Å². The molecule has 1 aliphatic heterocycles. The third-order valence-corrected chi connectivity index (χ3v) is 4.45. The van der Waals surface area contributed by atoms with E-state index in [1.165, 1.54) is 12.8 Å². The molecule has 0 bridgehead atoms. The molecule has 7 heteroatoms. The van der Waals surface area contributed by atoms with Crippen LogP contribution in [-0.4, -0.2) is 43.6 Å². The van der Waals surface area contributed by atoms with Gasteiger partial charge in [0.2, 0.25) is 0 Å². The van der Waals surface area contributed by atoms with Gasteiger partial charge >= 0.3 is 0 Å². The van der Waals surface area contributed by atoms with E-state index in [1.54, 1.807) is 6.20 Å². The molecule has 1 saturated heterocycles. The van der Waals surface area contributed by atoms with Gasteiger partial charge in [0, 0.05) is 25.8 Å². The Hall–Kier alpha value is -1.04. The van der Waals surface area contributed by atoms with Crippen molar-refractivity contribution in [2.24, 2.45) is 5.92 Å². The number of hydrogen-bond donors (Lipinski definition) is 2. The van der Waals surface area contributed by atoms with E-state index in [-0.39, 0.29) is 30.7 Å². The molecule has 25 heavy (non-hydrogen) atoms. The van der Waals surface area contributed by atoms with E-state index >= 15 is 0 Å². The summed E-state index contributed by atoms with van der Waals surface area (Å²) in [5, 5.41) is 6.42. The van der Waals surface area contributed by atoms with Crippen molar-refractivity contribution in [1.29, 1.82) is 0 Å². The first-order valence-electron chi connectivity index (χ1n) is 8.94. The molecule has 0 radical (unpaired) electrons. The highest BCUT2D eigenvalue weighted by Gasteiger charge is 2.13. The summed E-state index contributed by atoms with van der Waals surface area (Å²) in [5.74, 6) is 1.61. The molecule has 1 aromatic heterocycles. The number of amides is 1. The fourth-order valence-electron chi connectivity index (χ4n) is 3.07. The highest BCUT2D eigenvalue weighted by molar-refractivity contribution is 5.94. The number of carbonyl (C=O) groups excluding carboxylic acids is 1. The van der Waals surface area contributed by atoms with E-state index in [4.69, 9.17) is 0 Å². The van der Waals surface area contributed by atoms with Gasteiger partial charge in [0.25, 0.3) is 5.91 Å². The molecule has 0 saturated carbocycles. The predicted molar refractivity (Wildman–Crippen MR) is 109 cm³/mol. The van der Waals surface area contributed by atoms with Crippen LogP contribution in [-0.2, 0) is 0 Å². The first-order chi connectivity index (χ1) is 11.2. The Morgan fingerprint density at radius 3 is 2.72 bits per heavy atom. The Bertz CT molecular complexity index is 478. The Balaban J connectivity index is 0.00000288. The van der Waals surface area contributed by atoms with E-state index in [0.29, 0.717) is 11.5 Å². The number of hydrogen-bond acceptors (Lipinski definition) is 4. The SMILES string of the molecule is CCCN(CC)c1ccc(C(=O)NCCC2CCCNC2)cn1.Cl.Cl. The molecule has 0 aromatic carbocycles. The van der Waals surface area contributed by atoms with Crippen LogP contribution >= 0.6 is 24.8 Å². The maximum atomic E-state index is 12.2. The van der Waals surface area contributed by atoms with Gasteiger partial charge in [0.15, 0.2) is 0 Å². The third kappa shape index (κ3) is 7.80. The fraction of sp³-hybridized carbons (Fsp3) is 0.667. The molecular weight excluding hydrogens is 359 g/mol. The largest absolute Gasteiger partial charge is 0.357 e. The van der Waals surface area contributed by atoms with Crippen molar-refractivity contribution in [3.05, 3.63) is 23.9 Å². The van der Waals surface area contributed by atoms with Gasteiger partial charge in [-0.25, -0.2) is 4.98 Å². The van der Waals surface area contributed by atoms with Crippen LogP contribution < -0.4 is 15.5 Å². The molecule has 1 unspecified atom stereocenters. The molecule has 144 valence electrons. The predicted octanol–water partition coefficient (Wildman–Crippen LogP) is 3.28. The first kappa shape index (κ1) is 24.0. The van der Waals surface area contributed by atoms with Crippen LogP contribution in [0.25, 0.3) is 0 Å². The van der Waals surface area contributed by atoms with E-state index < -0.39 is 0 Å². The summed E-state index contributed by atoms with van der Waals surface area (Å²) in [5.41, 5.74) is 0.642. The molecule has 1 amide bonds. The number of pyridine rings is 1. The smallest absolute Gasteiger partial charge is 0.252 e. The number of nitrogens with zero attached hydrogens (tertiary/aromatic N) is 2. The Labute approximate surface area is 164 Å². The molecule has 1 fully saturated rings. The lowest BCUT2D eigenvalue weighted by atomic mass is 9.96. The lowest BCUT2D eigenvalue weighted by molar-refractivity contribution is 0.0950. The number of carbonyl (C=O) groups is 1. The van der Waals surface area contributed by atoms with Crippen molar-refractivity contribution in [1.82, 2.24) is 15.6 Å². The van der Waals surface area contributed by atoms with Gasteiger partial charge in [-0.3, -0.25) is 4.79 Å². The zero-order valence-corrected chi connectivity index (χ0v) is 16.9. The average Bonchev–Trinajstić information content (AvgIpc) is 2.60. The van der Waals surface area contributed by atoms with Crippen molar-refractivity contribution < 1.29 is 4.79 Å². The van der Waals surface area contributed by atoms with Gasteiger partial charge in [-0.1, -0.05) is 6.92 Å². The van der Waals surface area contributed by atoms with Crippen LogP contribution in [0.2, 0.25) is 0 Å². The highest BCUT2D eigenvalue weighted by atomic mass is 35.5. The normalized spacial score (nSPS) is 16.3. The van der Waals surface area contributed by atoms with Crippen molar-refractivity contribution in [2.45, 2.75) is 39.5 Å². The quantitative estimate of drug-likeness (QED) is 0.714. The summed E-state index contributed by atoms with van der Waals surface area (Å²) in [7, 11) is 0. The van der Waals surface area contributed by atoms with Gasteiger partial charge in [-0.2, -0.15) is 0 Å². The fourth-order valence-corrected chi connectivity index (χ4v) is 3.07. The summed E-state index contributed by atoms with van der Waals surface area (Å²) in [4.78, 5) is 18.8. The number of piperidine rings is 1. The van der Waals surface area contributed by atoms with Crippen LogP contribution in [0.4, 0.5) is 5.82 Å². The molecule has 0 aliphatic carbocycles. The minimum atomic E-state index is -0.0219. The highest BCUT2D eigenvalue weighted by Crippen LogP contribution is 2.14. The topological polar surface area (TPSA) is 57.3 Å². The summed E-state index contributed by atoms with van der Waals surface area (Å²) in [6.45, 7) is 9.16. The van der Waals surface area contributed by atoms with Gasteiger partial charge in [0.05, 0.1) is 5.56 Å². The van der Waals surface area contributed by atoms with E-state index in [2.05, 4.69) is 34.4 Å². The summed E-state index contributed by atoms with van der Waals surface area (Å²) in [6, 6.07) is 3.82. The molecule has 2 heterocycles. The second-order valence-electron chi connectivity index (χ2n) is 6.24. The van der Waals surface area contributed by atoms with Crippen LogP contribution in [0, 0.1) is 5.92 Å². The van der Waals surface area contributed by atoms with Crippen LogP contribution in [0.3, 0.4) is 0 Å². The average molecular weight is 391 g/mol. The van der Waals surface area contributed by atoms with Crippen molar-refractivity contribution in [3.8, 4) is 0 Å². The van der Waals surface area contributed by atoms with E-state index in [9.17, 15) is 4.79 Å². The summed E-state index contributed by atoms with van der Waals surface area (Å²) < 4.78 is 0. The molecule has 2 rings (SSSR count). The number of nitrogens with one attached hydrogen (secondary N) is 2. The molecular formula is C18H32Cl2N4O. The Kier molecular flexibility index (Phi) is 12.7. The number of aromatic nitrogens is 1. The molecule has 1 atom stereocenters. The van der Waals surface area contributed by atoms with Crippen LogP contribution in [0.15, 0.2) is 18.3 Å². The molecule has 5 nitrogen and oxygen atoms in total. The number of anilines is 1. The Morgan fingerprint density at radius 1 is 1.36 bits per heavy atom. The molecule has 1 aromatic rings. The second-order valence-corrected chi connectivity index (χ2v) is 6.24. The maximum Gasteiger partial charge on any atom is 0.252 e. The van der Waals surface area contributed by atoms with Crippen molar-refractivity contribution >= 4 is 36.5 Å². The monoisotopic (exact) mass is 390 g/mol. The van der Waals surface area contributed by atoms with Gasteiger partial charge in [0.1, 0.15) is 5.82 Å². The van der Waals surface area contributed by atoms with Gasteiger partial charge in [-0.15, -0.1) is 24.8 Å². The molecule has 1 aliphatic rings. The standard InChI is InChI=1S/C18H30N4O.2ClH/c1-3-12-22(4-2)17-8-7-16(14-21-17)18(23)20-11-9-15-6-5-10-19-13-15;;/h7-8,14-15,19H,3-6,9-13H2,1-2H3,(H,20,23);2*1H. The third-order valence-electron chi connectivity index (χ3n) is 4.45. The van der Waals surface area contributed by atoms with Crippen LogP contribution in [0.5, 0.6) is 0 Å². The Morgan fingerprint density at radius 2 is 2.16 bits per heavy atom.